The Morgan fingerprint density at radius 3 is 1.33 bits per heavy atom. The molecule has 0 unspecified atom stereocenters. The molecule has 314 valence electrons. The minimum absolute atomic E-state index is 0.665. The lowest BCUT2D eigenvalue weighted by molar-refractivity contribution is 0.979. The van der Waals surface area contributed by atoms with Crippen molar-refractivity contribution in [1.29, 1.82) is 0 Å². The highest BCUT2D eigenvalue weighted by Gasteiger charge is 2.22. The summed E-state index contributed by atoms with van der Waals surface area (Å²) in [6.45, 7) is 0. The number of aromatic nitrogens is 4. The molecule has 0 N–H and O–H groups in total. The number of nitrogens with zero attached hydrogens (tertiary/aromatic N) is 4. The molecule has 4 nitrogen and oxygen atoms in total. The fraction of sp³-hybridized carbons (Fsp3) is 0. The van der Waals surface area contributed by atoms with Crippen LogP contribution in [0.15, 0.2) is 255 Å². The van der Waals surface area contributed by atoms with Gasteiger partial charge in [0.05, 0.1) is 22.6 Å². The topological polar surface area (TPSA) is 43.1 Å². The number of benzene rings is 9. The van der Waals surface area contributed by atoms with Gasteiger partial charge in [-0.2, -0.15) is 5.10 Å². The molecule has 0 atom stereocenters. The summed E-state index contributed by atoms with van der Waals surface area (Å²) in [5, 5.41) is 7.67. The van der Waals surface area contributed by atoms with Gasteiger partial charge in [-0.3, -0.25) is 0 Å². The second-order valence-corrected chi connectivity index (χ2v) is 16.9. The van der Waals surface area contributed by atoms with Crippen molar-refractivity contribution < 1.29 is 0 Å². The van der Waals surface area contributed by atoms with E-state index in [1.165, 1.54) is 0 Å². The zero-order valence-corrected chi connectivity index (χ0v) is 36.5. The molecule has 0 saturated heterocycles. The van der Waals surface area contributed by atoms with E-state index in [2.05, 4.69) is 253 Å². The van der Waals surface area contributed by atoms with E-state index < -0.39 is 0 Å². The quantitative estimate of drug-likeness (QED) is 0.145. The van der Waals surface area contributed by atoms with Gasteiger partial charge in [0.15, 0.2) is 5.82 Å². The van der Waals surface area contributed by atoms with Gasteiger partial charge in [0.25, 0.3) is 0 Å². The van der Waals surface area contributed by atoms with E-state index in [0.29, 0.717) is 5.82 Å². The van der Waals surface area contributed by atoms with Crippen LogP contribution in [0.2, 0.25) is 0 Å². The zero-order valence-electron chi connectivity index (χ0n) is 36.5. The average molecular weight is 855 g/mol. The number of pyridine rings is 1. The maximum absolute atomic E-state index is 5.41. The summed E-state index contributed by atoms with van der Waals surface area (Å²) >= 11 is 0. The Hall–Kier alpha value is -8.99. The zero-order chi connectivity index (χ0) is 44.5. The van der Waals surface area contributed by atoms with Crippen LogP contribution in [0.3, 0.4) is 0 Å². The average Bonchev–Trinajstić information content (AvgIpc) is 3.83. The summed E-state index contributed by atoms with van der Waals surface area (Å²) < 4.78 is 2.15. The van der Waals surface area contributed by atoms with Crippen molar-refractivity contribution in [2.75, 3.05) is 0 Å². The molecule has 0 radical (unpaired) electrons. The van der Waals surface area contributed by atoms with Crippen molar-refractivity contribution in [3.05, 3.63) is 255 Å². The first kappa shape index (κ1) is 39.6. The van der Waals surface area contributed by atoms with Crippen molar-refractivity contribution in [3.8, 4) is 101 Å². The van der Waals surface area contributed by atoms with Gasteiger partial charge in [-0.15, -0.1) is 0 Å². The van der Waals surface area contributed by atoms with E-state index in [9.17, 15) is 0 Å². The molecule has 12 rings (SSSR count). The summed E-state index contributed by atoms with van der Waals surface area (Å²) in [5.41, 5.74) is 18.9. The van der Waals surface area contributed by atoms with Crippen molar-refractivity contribution in [1.82, 2.24) is 19.6 Å². The van der Waals surface area contributed by atoms with Crippen molar-refractivity contribution in [2.24, 2.45) is 0 Å². The second-order valence-electron chi connectivity index (χ2n) is 16.9. The number of hydrogen-bond acceptors (Lipinski definition) is 3. The Labute approximate surface area is 389 Å². The molecule has 0 fully saturated rings. The predicted octanol–water partition coefficient (Wildman–Crippen LogP) is 16.3. The molecule has 9 aromatic carbocycles. The lowest BCUT2D eigenvalue weighted by atomic mass is 9.94. The van der Waals surface area contributed by atoms with E-state index >= 15 is 0 Å². The van der Waals surface area contributed by atoms with Crippen LogP contribution in [0.4, 0.5) is 0 Å². The first-order valence-corrected chi connectivity index (χ1v) is 22.7. The largest absolute Gasteiger partial charge is 0.231 e. The van der Waals surface area contributed by atoms with Crippen LogP contribution in [0.5, 0.6) is 0 Å². The SMILES string of the molecule is c1ccc(-c2cc(-c3ccccc3)cc(-c3cc(-c4ccccc4)nc(-c4cccc(-c5ccc6c(c5)cc(-c5ccccc5)n5nc(-c7ccccc7)c(-c7ccccc7)c65)c4)n3)c2)cc1. The van der Waals surface area contributed by atoms with E-state index in [4.69, 9.17) is 15.1 Å². The third kappa shape index (κ3) is 7.67. The first-order chi connectivity index (χ1) is 33.2. The normalized spacial score (nSPS) is 11.3. The highest BCUT2D eigenvalue weighted by molar-refractivity contribution is 6.09. The fourth-order valence-corrected chi connectivity index (χ4v) is 9.31. The van der Waals surface area contributed by atoms with Gasteiger partial charge in [0, 0.05) is 38.8 Å². The van der Waals surface area contributed by atoms with Crippen LogP contribution >= 0.6 is 0 Å². The molecule has 0 aliphatic rings. The summed E-state index contributed by atoms with van der Waals surface area (Å²) in [6, 6.07) is 89.9. The molecule has 0 aliphatic carbocycles. The summed E-state index contributed by atoms with van der Waals surface area (Å²) in [7, 11) is 0. The highest BCUT2D eigenvalue weighted by Crippen LogP contribution is 2.42. The Morgan fingerprint density at radius 2 is 0.731 bits per heavy atom. The van der Waals surface area contributed by atoms with Gasteiger partial charge in [0.1, 0.15) is 5.69 Å². The Bertz CT molecular complexity index is 3640. The molecular weight excluding hydrogens is 813 g/mol. The van der Waals surface area contributed by atoms with Gasteiger partial charge in [0.2, 0.25) is 0 Å². The Kier molecular flexibility index (Phi) is 10.2. The summed E-state index contributed by atoms with van der Waals surface area (Å²) in [6.07, 6.45) is 0. The predicted molar refractivity (Wildman–Crippen MR) is 277 cm³/mol. The lowest BCUT2D eigenvalue weighted by Crippen LogP contribution is -1.97. The molecule has 0 spiro atoms. The van der Waals surface area contributed by atoms with Gasteiger partial charge < -0.3 is 0 Å². The van der Waals surface area contributed by atoms with Gasteiger partial charge in [-0.05, 0) is 86.8 Å². The van der Waals surface area contributed by atoms with Crippen LogP contribution in [-0.2, 0) is 0 Å². The van der Waals surface area contributed by atoms with Crippen molar-refractivity contribution in [3.63, 3.8) is 0 Å². The molecule has 0 bridgehead atoms. The van der Waals surface area contributed by atoms with Crippen LogP contribution in [0.25, 0.3) is 117 Å². The fourth-order valence-electron chi connectivity index (χ4n) is 9.31. The van der Waals surface area contributed by atoms with Crippen LogP contribution < -0.4 is 0 Å². The smallest absolute Gasteiger partial charge is 0.160 e. The minimum atomic E-state index is 0.665. The van der Waals surface area contributed by atoms with E-state index in [-0.39, 0.29) is 0 Å². The Morgan fingerprint density at radius 1 is 0.284 bits per heavy atom. The summed E-state index contributed by atoms with van der Waals surface area (Å²) in [5.74, 6) is 0.665. The third-order valence-corrected chi connectivity index (χ3v) is 12.6. The number of rotatable bonds is 9. The maximum atomic E-state index is 5.41. The van der Waals surface area contributed by atoms with Crippen LogP contribution in [0, 0.1) is 0 Å². The minimum Gasteiger partial charge on any atom is -0.231 e. The third-order valence-electron chi connectivity index (χ3n) is 12.6. The molecule has 3 aromatic heterocycles. The van der Waals surface area contributed by atoms with Crippen molar-refractivity contribution in [2.45, 2.75) is 0 Å². The van der Waals surface area contributed by atoms with E-state index in [0.717, 1.165) is 111 Å². The molecule has 0 saturated carbocycles. The maximum Gasteiger partial charge on any atom is 0.160 e. The molecular formula is C63H42N4. The van der Waals surface area contributed by atoms with E-state index in [1.807, 2.05) is 6.07 Å². The first-order valence-electron chi connectivity index (χ1n) is 22.7. The molecule has 4 heteroatoms. The number of fused-ring (bicyclic) bond motifs is 3. The van der Waals surface area contributed by atoms with E-state index in [1.54, 1.807) is 0 Å². The molecule has 0 amide bonds. The highest BCUT2D eigenvalue weighted by atomic mass is 15.2. The van der Waals surface area contributed by atoms with Crippen LogP contribution in [-0.4, -0.2) is 19.6 Å². The molecule has 0 aliphatic heterocycles. The summed E-state index contributed by atoms with van der Waals surface area (Å²) in [4.78, 5) is 10.6. The lowest BCUT2D eigenvalue weighted by Gasteiger charge is -2.14. The standard InChI is InChI=1S/C63H42N4/c1-7-20-43(21-8-1)52-38-53(44-22-9-2-10-23-44)40-55(39-52)58-42-57(45-24-11-3-12-25-45)64-63(65-58)51-33-19-32-49(36-51)50-34-35-56-54(37-50)41-59(46-26-13-4-14-27-46)67-62(56)60(47-28-15-5-16-29-47)61(66-67)48-30-17-6-18-31-48/h1-42H. The van der Waals surface area contributed by atoms with Crippen LogP contribution in [0.1, 0.15) is 0 Å². The Balaban J connectivity index is 1.03. The van der Waals surface area contributed by atoms with Crippen molar-refractivity contribution >= 4 is 16.3 Å². The second kappa shape index (κ2) is 17.2. The van der Waals surface area contributed by atoms with Gasteiger partial charge in [-0.1, -0.05) is 212 Å². The molecule has 12 aromatic rings. The molecule has 67 heavy (non-hydrogen) atoms. The number of hydrogen-bond donors (Lipinski definition) is 0. The van der Waals surface area contributed by atoms with Gasteiger partial charge in [-0.25, -0.2) is 14.5 Å². The monoisotopic (exact) mass is 854 g/mol. The van der Waals surface area contributed by atoms with Gasteiger partial charge >= 0.3 is 0 Å². The molecule has 3 heterocycles.